The lowest BCUT2D eigenvalue weighted by Gasteiger charge is -2.40. The summed E-state index contributed by atoms with van der Waals surface area (Å²) in [5, 5.41) is 1.85. The Labute approximate surface area is 134 Å². The topological polar surface area (TPSA) is 54.3 Å². The van der Waals surface area contributed by atoms with Crippen LogP contribution in [0.5, 0.6) is 0 Å². The first-order valence-corrected chi connectivity index (χ1v) is 8.37. The maximum absolute atomic E-state index is 12.7. The second-order valence-electron chi connectivity index (χ2n) is 5.61. The van der Waals surface area contributed by atoms with Gasteiger partial charge in [0.05, 0.1) is 17.3 Å². The van der Waals surface area contributed by atoms with Crippen LogP contribution in [0.4, 0.5) is 0 Å². The van der Waals surface area contributed by atoms with Gasteiger partial charge in [-0.15, -0.1) is 0 Å². The average molecular weight is 319 g/mol. The van der Waals surface area contributed by atoms with E-state index in [0.717, 1.165) is 36.7 Å². The van der Waals surface area contributed by atoms with Gasteiger partial charge in [-0.3, -0.25) is 9.69 Å². The lowest BCUT2D eigenvalue weighted by atomic mass is 10.1. The smallest absolute Gasteiger partial charge is 0.256 e. The van der Waals surface area contributed by atoms with Crippen LogP contribution < -0.4 is 0 Å². The zero-order chi connectivity index (χ0) is 15.7. The third-order valence-corrected chi connectivity index (χ3v) is 5.04. The molecule has 118 valence electrons. The molecule has 1 saturated heterocycles. The van der Waals surface area contributed by atoms with E-state index in [-0.39, 0.29) is 11.9 Å². The van der Waals surface area contributed by atoms with Crippen LogP contribution in [-0.2, 0) is 7.05 Å². The molecule has 2 aromatic rings. The van der Waals surface area contributed by atoms with Gasteiger partial charge in [-0.2, -0.15) is 4.37 Å². The van der Waals surface area contributed by atoms with Gasteiger partial charge in [-0.05, 0) is 25.0 Å². The molecule has 1 amide bonds. The lowest BCUT2D eigenvalue weighted by molar-refractivity contribution is 0.0472. The first-order chi connectivity index (χ1) is 10.6. The van der Waals surface area contributed by atoms with Crippen molar-refractivity contribution in [3.05, 3.63) is 34.9 Å². The normalized spacial score (nSPS) is 19.6. The molecule has 0 unspecified atom stereocenters. The Morgan fingerprint density at radius 2 is 2.27 bits per heavy atom. The van der Waals surface area contributed by atoms with Crippen LogP contribution in [0.25, 0.3) is 0 Å². The Morgan fingerprint density at radius 3 is 2.86 bits per heavy atom. The molecule has 1 aliphatic rings. The van der Waals surface area contributed by atoms with Crippen molar-refractivity contribution in [3.8, 4) is 0 Å². The van der Waals surface area contributed by atoms with Gasteiger partial charge in [0.2, 0.25) is 0 Å². The third-order valence-electron chi connectivity index (χ3n) is 4.32. The van der Waals surface area contributed by atoms with Crippen molar-refractivity contribution in [2.45, 2.75) is 19.9 Å². The van der Waals surface area contributed by atoms with Crippen LogP contribution in [0.15, 0.2) is 17.8 Å². The molecule has 0 spiro atoms. The fourth-order valence-electron chi connectivity index (χ4n) is 2.99. The quantitative estimate of drug-likeness (QED) is 0.864. The predicted molar refractivity (Wildman–Crippen MR) is 86.0 cm³/mol. The number of carbonyl (C=O) groups is 1. The Bertz CT molecular complexity index is 664. The Kier molecular flexibility index (Phi) is 4.26. The van der Waals surface area contributed by atoms with Crippen LogP contribution in [0.3, 0.4) is 0 Å². The van der Waals surface area contributed by atoms with Crippen molar-refractivity contribution in [2.75, 3.05) is 26.2 Å². The fraction of sp³-hybridized carbons (Fsp3) is 0.533. The lowest BCUT2D eigenvalue weighted by Crippen LogP contribution is -2.51. The van der Waals surface area contributed by atoms with Gasteiger partial charge in [0.25, 0.3) is 5.91 Å². The number of hydrogen-bond acceptors (Lipinski definition) is 5. The SMILES string of the molecule is CCN1CCN(C(=O)c2csnc2C)C[C@H]1c1nccn1C. The number of nitrogens with zero attached hydrogens (tertiary/aromatic N) is 5. The maximum Gasteiger partial charge on any atom is 0.256 e. The van der Waals surface area contributed by atoms with E-state index in [9.17, 15) is 4.79 Å². The van der Waals surface area contributed by atoms with Crippen LogP contribution in [-0.4, -0.2) is 55.8 Å². The summed E-state index contributed by atoms with van der Waals surface area (Å²) in [4.78, 5) is 21.5. The minimum Gasteiger partial charge on any atom is -0.337 e. The van der Waals surface area contributed by atoms with E-state index < -0.39 is 0 Å². The summed E-state index contributed by atoms with van der Waals surface area (Å²) < 4.78 is 6.25. The average Bonchev–Trinajstić information content (AvgIpc) is 3.14. The van der Waals surface area contributed by atoms with E-state index in [1.807, 2.05) is 41.2 Å². The summed E-state index contributed by atoms with van der Waals surface area (Å²) >= 11 is 1.34. The van der Waals surface area contributed by atoms with Crippen molar-refractivity contribution < 1.29 is 4.79 Å². The molecule has 0 aromatic carbocycles. The van der Waals surface area contributed by atoms with Crippen molar-refractivity contribution in [1.29, 1.82) is 0 Å². The highest BCUT2D eigenvalue weighted by Crippen LogP contribution is 2.25. The molecule has 7 heteroatoms. The van der Waals surface area contributed by atoms with E-state index in [4.69, 9.17) is 0 Å². The van der Waals surface area contributed by atoms with E-state index in [0.29, 0.717) is 6.54 Å². The highest BCUT2D eigenvalue weighted by atomic mass is 32.1. The number of likely N-dealkylation sites (N-methyl/N-ethyl adjacent to an activating group) is 1. The van der Waals surface area contributed by atoms with Crippen LogP contribution in [0.2, 0.25) is 0 Å². The van der Waals surface area contributed by atoms with Gasteiger partial charge in [-0.25, -0.2) is 4.98 Å². The van der Waals surface area contributed by atoms with Gasteiger partial charge < -0.3 is 9.47 Å². The highest BCUT2D eigenvalue weighted by Gasteiger charge is 2.32. The Balaban J connectivity index is 1.83. The molecule has 22 heavy (non-hydrogen) atoms. The number of piperazine rings is 1. The van der Waals surface area contributed by atoms with Gasteiger partial charge in [-0.1, -0.05) is 6.92 Å². The van der Waals surface area contributed by atoms with Gasteiger partial charge in [0, 0.05) is 44.5 Å². The molecule has 1 aliphatic heterocycles. The minimum atomic E-state index is 0.0845. The van der Waals surface area contributed by atoms with Gasteiger partial charge in [0.1, 0.15) is 5.82 Å². The Hall–Kier alpha value is -1.73. The molecular formula is C15H21N5OS. The van der Waals surface area contributed by atoms with Crippen molar-refractivity contribution in [2.24, 2.45) is 7.05 Å². The number of aromatic nitrogens is 3. The molecule has 0 bridgehead atoms. The molecule has 6 nitrogen and oxygen atoms in total. The zero-order valence-corrected chi connectivity index (χ0v) is 14.0. The standard InChI is InChI=1S/C15H21N5OS/c1-4-19-7-8-20(15(21)12-10-22-17-11(12)2)9-13(19)14-16-5-6-18(14)3/h5-6,10,13H,4,7-9H2,1-3H3/t13-/m0/s1. The first-order valence-electron chi connectivity index (χ1n) is 7.53. The summed E-state index contributed by atoms with van der Waals surface area (Å²) in [5.74, 6) is 1.10. The van der Waals surface area contributed by atoms with E-state index in [1.165, 1.54) is 11.5 Å². The molecule has 3 heterocycles. The third kappa shape index (κ3) is 2.66. The van der Waals surface area contributed by atoms with Crippen molar-refractivity contribution >= 4 is 17.4 Å². The second-order valence-corrected chi connectivity index (χ2v) is 6.23. The van der Waals surface area contributed by atoms with E-state index in [1.54, 1.807) is 0 Å². The number of aryl methyl sites for hydroxylation is 2. The molecule has 2 aromatic heterocycles. The summed E-state index contributed by atoms with van der Waals surface area (Å²) in [5.41, 5.74) is 1.55. The number of rotatable bonds is 3. The summed E-state index contributed by atoms with van der Waals surface area (Å²) in [7, 11) is 2.00. The van der Waals surface area contributed by atoms with Crippen molar-refractivity contribution in [1.82, 2.24) is 23.7 Å². The summed E-state index contributed by atoms with van der Waals surface area (Å²) in [6, 6.07) is 0.148. The number of carbonyl (C=O) groups excluding carboxylic acids is 1. The molecular weight excluding hydrogens is 298 g/mol. The number of amides is 1. The van der Waals surface area contributed by atoms with Gasteiger partial charge >= 0.3 is 0 Å². The predicted octanol–water partition coefficient (Wildman–Crippen LogP) is 1.70. The van der Waals surface area contributed by atoms with E-state index >= 15 is 0 Å². The molecule has 1 fully saturated rings. The van der Waals surface area contributed by atoms with Crippen LogP contribution in [0.1, 0.15) is 34.8 Å². The minimum absolute atomic E-state index is 0.0845. The summed E-state index contributed by atoms with van der Waals surface area (Å²) in [6.07, 6.45) is 3.77. The molecule has 0 aliphatic carbocycles. The molecule has 0 radical (unpaired) electrons. The fourth-order valence-corrected chi connectivity index (χ4v) is 3.68. The summed E-state index contributed by atoms with van der Waals surface area (Å²) in [6.45, 7) is 7.30. The maximum atomic E-state index is 12.7. The molecule has 0 N–H and O–H groups in total. The van der Waals surface area contributed by atoms with E-state index in [2.05, 4.69) is 21.2 Å². The zero-order valence-electron chi connectivity index (χ0n) is 13.2. The first kappa shape index (κ1) is 15.2. The second kappa shape index (κ2) is 6.18. The Morgan fingerprint density at radius 1 is 1.45 bits per heavy atom. The monoisotopic (exact) mass is 319 g/mol. The molecule has 1 atom stereocenters. The number of hydrogen-bond donors (Lipinski definition) is 0. The highest BCUT2D eigenvalue weighted by molar-refractivity contribution is 7.03. The van der Waals surface area contributed by atoms with Crippen LogP contribution >= 0.6 is 11.5 Å². The molecule has 3 rings (SSSR count). The van der Waals surface area contributed by atoms with Crippen molar-refractivity contribution in [3.63, 3.8) is 0 Å². The van der Waals surface area contributed by atoms with Gasteiger partial charge in [0.15, 0.2) is 0 Å². The molecule has 0 saturated carbocycles. The number of imidazole rings is 1. The largest absolute Gasteiger partial charge is 0.337 e. The van der Waals surface area contributed by atoms with Crippen LogP contribution in [0, 0.1) is 6.92 Å².